The Bertz CT molecular complexity index is 575. The average molecular weight is 273 g/mol. The first-order valence-electron chi connectivity index (χ1n) is 6.61. The summed E-state index contributed by atoms with van der Waals surface area (Å²) in [6.45, 7) is 6.10. The molecule has 0 aliphatic rings. The summed E-state index contributed by atoms with van der Waals surface area (Å²) in [6.07, 6.45) is 1.03. The highest BCUT2D eigenvalue weighted by Crippen LogP contribution is 2.21. The van der Waals surface area contributed by atoms with Crippen LogP contribution in [0.2, 0.25) is 0 Å². The summed E-state index contributed by atoms with van der Waals surface area (Å²) in [5.41, 5.74) is 2.20. The summed E-state index contributed by atoms with van der Waals surface area (Å²) in [5.74, 6) is 1.30. The van der Waals surface area contributed by atoms with Crippen molar-refractivity contribution in [2.24, 2.45) is 0 Å². The lowest BCUT2D eigenvalue weighted by molar-refractivity contribution is -0.127. The molecular formula is C16H19NO3. The molecule has 1 amide bonds. The fourth-order valence-corrected chi connectivity index (χ4v) is 1.83. The van der Waals surface area contributed by atoms with E-state index in [0.717, 1.165) is 22.6 Å². The number of aryl methyl sites for hydroxylation is 1. The van der Waals surface area contributed by atoms with Crippen LogP contribution >= 0.6 is 0 Å². The number of nitrogens with one attached hydrogen (secondary N) is 1. The second-order valence-corrected chi connectivity index (χ2v) is 4.76. The minimum atomic E-state index is -0.550. The third-order valence-corrected chi connectivity index (χ3v) is 3.24. The van der Waals surface area contributed by atoms with Crippen molar-refractivity contribution in [1.29, 1.82) is 0 Å². The minimum Gasteiger partial charge on any atom is -0.481 e. The smallest absolute Gasteiger partial charge is 0.261 e. The molecule has 0 radical (unpaired) electrons. The number of furan rings is 1. The van der Waals surface area contributed by atoms with Gasteiger partial charge in [-0.2, -0.15) is 0 Å². The first kappa shape index (κ1) is 14.2. The van der Waals surface area contributed by atoms with Crippen LogP contribution in [0.4, 0.5) is 0 Å². The number of hydrogen-bond acceptors (Lipinski definition) is 3. The van der Waals surface area contributed by atoms with Crippen LogP contribution in [0.25, 0.3) is 0 Å². The van der Waals surface area contributed by atoms with E-state index in [1.54, 1.807) is 19.3 Å². The highest BCUT2D eigenvalue weighted by atomic mass is 16.5. The molecule has 20 heavy (non-hydrogen) atoms. The third kappa shape index (κ3) is 3.41. The number of carbonyl (C=O) groups excluding carboxylic acids is 1. The van der Waals surface area contributed by atoms with Gasteiger partial charge in [-0.25, -0.2) is 0 Å². The molecule has 0 fully saturated rings. The van der Waals surface area contributed by atoms with Gasteiger partial charge in [0.05, 0.1) is 12.8 Å². The van der Waals surface area contributed by atoms with E-state index in [2.05, 4.69) is 5.32 Å². The fourth-order valence-electron chi connectivity index (χ4n) is 1.83. The second-order valence-electron chi connectivity index (χ2n) is 4.76. The third-order valence-electron chi connectivity index (χ3n) is 3.24. The zero-order chi connectivity index (χ0) is 14.5. The monoisotopic (exact) mass is 273 g/mol. The van der Waals surface area contributed by atoms with E-state index in [0.29, 0.717) is 6.54 Å². The Morgan fingerprint density at radius 2 is 2.10 bits per heavy atom. The normalized spacial score (nSPS) is 11.9. The van der Waals surface area contributed by atoms with Gasteiger partial charge in [0.1, 0.15) is 11.5 Å². The molecule has 2 aromatic rings. The van der Waals surface area contributed by atoms with Gasteiger partial charge in [-0.3, -0.25) is 4.79 Å². The summed E-state index contributed by atoms with van der Waals surface area (Å²) in [4.78, 5) is 12.0. The molecule has 2 rings (SSSR count). The molecule has 106 valence electrons. The van der Waals surface area contributed by atoms with E-state index < -0.39 is 6.10 Å². The number of amides is 1. The SMILES string of the molecule is Cc1cccc(OC(C)C(=O)NCc2ccco2)c1C. The molecule has 0 saturated heterocycles. The summed E-state index contributed by atoms with van der Waals surface area (Å²) >= 11 is 0. The quantitative estimate of drug-likeness (QED) is 0.911. The van der Waals surface area contributed by atoms with Gasteiger partial charge in [-0.1, -0.05) is 12.1 Å². The maximum absolute atomic E-state index is 12.0. The average Bonchev–Trinajstić information content (AvgIpc) is 2.94. The molecule has 0 aliphatic heterocycles. The van der Waals surface area contributed by atoms with Crippen LogP contribution < -0.4 is 10.1 Å². The lowest BCUT2D eigenvalue weighted by Crippen LogP contribution is -2.36. The molecular weight excluding hydrogens is 254 g/mol. The molecule has 0 aliphatic carbocycles. The van der Waals surface area contributed by atoms with E-state index in [9.17, 15) is 4.79 Å². The number of benzene rings is 1. The van der Waals surface area contributed by atoms with Gasteiger partial charge in [0, 0.05) is 0 Å². The van der Waals surface area contributed by atoms with Crippen LogP contribution in [0.5, 0.6) is 5.75 Å². The Kier molecular flexibility index (Phi) is 4.45. The van der Waals surface area contributed by atoms with Crippen LogP contribution in [-0.4, -0.2) is 12.0 Å². The van der Waals surface area contributed by atoms with Crippen LogP contribution in [0.3, 0.4) is 0 Å². The number of carbonyl (C=O) groups is 1. The molecule has 0 spiro atoms. The fraction of sp³-hybridized carbons (Fsp3) is 0.312. The molecule has 1 aromatic heterocycles. The molecule has 4 heteroatoms. The number of rotatable bonds is 5. The molecule has 1 heterocycles. The first-order chi connectivity index (χ1) is 9.58. The highest BCUT2D eigenvalue weighted by Gasteiger charge is 2.16. The maximum atomic E-state index is 12.0. The van der Waals surface area contributed by atoms with Crippen molar-refractivity contribution in [2.45, 2.75) is 33.4 Å². The van der Waals surface area contributed by atoms with E-state index in [1.807, 2.05) is 38.1 Å². The standard InChI is InChI=1S/C16H19NO3/c1-11-6-4-8-15(12(11)2)20-13(3)16(18)17-10-14-7-5-9-19-14/h4-9,13H,10H2,1-3H3,(H,17,18). The van der Waals surface area contributed by atoms with Crippen LogP contribution in [0.1, 0.15) is 23.8 Å². The summed E-state index contributed by atoms with van der Waals surface area (Å²) in [6, 6.07) is 9.42. The predicted molar refractivity (Wildman–Crippen MR) is 76.6 cm³/mol. The highest BCUT2D eigenvalue weighted by molar-refractivity contribution is 5.80. The molecule has 4 nitrogen and oxygen atoms in total. The molecule has 0 saturated carbocycles. The topological polar surface area (TPSA) is 51.5 Å². The Labute approximate surface area is 118 Å². The van der Waals surface area contributed by atoms with Crippen LogP contribution in [0, 0.1) is 13.8 Å². The van der Waals surface area contributed by atoms with Gasteiger partial charge in [0.25, 0.3) is 5.91 Å². The van der Waals surface area contributed by atoms with Gasteiger partial charge >= 0.3 is 0 Å². The van der Waals surface area contributed by atoms with Crippen LogP contribution in [-0.2, 0) is 11.3 Å². The largest absolute Gasteiger partial charge is 0.481 e. The Balaban J connectivity index is 1.92. The molecule has 1 unspecified atom stereocenters. The Morgan fingerprint density at radius 1 is 1.30 bits per heavy atom. The van der Waals surface area contributed by atoms with Crippen molar-refractivity contribution in [3.63, 3.8) is 0 Å². The summed E-state index contributed by atoms with van der Waals surface area (Å²) < 4.78 is 10.9. The van der Waals surface area contributed by atoms with Crippen LogP contribution in [0.15, 0.2) is 41.0 Å². The van der Waals surface area contributed by atoms with Crippen molar-refractivity contribution in [3.05, 3.63) is 53.5 Å². The zero-order valence-electron chi connectivity index (χ0n) is 12.0. The van der Waals surface area contributed by atoms with E-state index in [-0.39, 0.29) is 5.91 Å². The van der Waals surface area contributed by atoms with E-state index >= 15 is 0 Å². The maximum Gasteiger partial charge on any atom is 0.261 e. The van der Waals surface area contributed by atoms with E-state index in [1.165, 1.54) is 0 Å². The van der Waals surface area contributed by atoms with Gasteiger partial charge < -0.3 is 14.5 Å². The van der Waals surface area contributed by atoms with Crippen molar-refractivity contribution in [3.8, 4) is 5.75 Å². The Morgan fingerprint density at radius 3 is 2.80 bits per heavy atom. The van der Waals surface area contributed by atoms with Crippen molar-refractivity contribution in [1.82, 2.24) is 5.32 Å². The molecule has 1 atom stereocenters. The number of ether oxygens (including phenoxy) is 1. The van der Waals surface area contributed by atoms with Gasteiger partial charge in [-0.05, 0) is 50.1 Å². The zero-order valence-corrected chi connectivity index (χ0v) is 12.0. The molecule has 0 bridgehead atoms. The number of hydrogen-bond donors (Lipinski definition) is 1. The van der Waals surface area contributed by atoms with Gasteiger partial charge in [-0.15, -0.1) is 0 Å². The second kappa shape index (κ2) is 6.28. The Hall–Kier alpha value is -2.23. The van der Waals surface area contributed by atoms with Crippen molar-refractivity contribution in [2.75, 3.05) is 0 Å². The molecule has 1 N–H and O–H groups in total. The minimum absolute atomic E-state index is 0.165. The molecule has 1 aromatic carbocycles. The predicted octanol–water partition coefficient (Wildman–Crippen LogP) is 2.98. The summed E-state index contributed by atoms with van der Waals surface area (Å²) in [7, 11) is 0. The lowest BCUT2D eigenvalue weighted by atomic mass is 10.1. The van der Waals surface area contributed by atoms with Crippen molar-refractivity contribution < 1.29 is 13.9 Å². The van der Waals surface area contributed by atoms with Crippen molar-refractivity contribution >= 4 is 5.91 Å². The van der Waals surface area contributed by atoms with Gasteiger partial charge in [0.2, 0.25) is 0 Å². The first-order valence-corrected chi connectivity index (χ1v) is 6.61. The summed E-state index contributed by atoms with van der Waals surface area (Å²) in [5, 5.41) is 2.78. The van der Waals surface area contributed by atoms with Gasteiger partial charge in [0.15, 0.2) is 6.10 Å². The van der Waals surface area contributed by atoms with E-state index in [4.69, 9.17) is 9.15 Å². The lowest BCUT2D eigenvalue weighted by Gasteiger charge is -2.16.